The third-order valence-corrected chi connectivity index (χ3v) is 4.42. The van der Waals surface area contributed by atoms with E-state index in [1.165, 1.54) is 3.57 Å². The fourth-order valence-corrected chi connectivity index (χ4v) is 2.78. The predicted octanol–water partition coefficient (Wildman–Crippen LogP) is 3.62. The summed E-state index contributed by atoms with van der Waals surface area (Å²) in [5, 5.41) is 4.01. The first-order valence-corrected chi connectivity index (χ1v) is 9.26. The molecule has 7 heteroatoms. The zero-order valence-electron chi connectivity index (χ0n) is 14.6. The molecule has 0 aliphatic heterocycles. The number of carbonyl (C=O) groups is 1. The Morgan fingerprint density at radius 2 is 1.85 bits per heavy atom. The number of para-hydroxylation sites is 2. The normalized spacial score (nSPS) is 10.7. The monoisotopic (exact) mass is 475 g/mol. The van der Waals surface area contributed by atoms with E-state index >= 15 is 0 Å². The highest BCUT2D eigenvalue weighted by Gasteiger charge is 2.06. The number of amides is 1. The van der Waals surface area contributed by atoms with Gasteiger partial charge in [0.25, 0.3) is 5.91 Å². The lowest BCUT2D eigenvalue weighted by Crippen LogP contribution is -2.24. The van der Waals surface area contributed by atoms with Crippen LogP contribution in [0.5, 0.6) is 11.5 Å². The molecule has 0 atom stereocenters. The molecule has 27 heavy (non-hydrogen) atoms. The number of aromatic nitrogens is 1. The van der Waals surface area contributed by atoms with Gasteiger partial charge in [-0.15, -0.1) is 0 Å². The third-order valence-electron chi connectivity index (χ3n) is 3.70. The van der Waals surface area contributed by atoms with Crippen LogP contribution in [0.2, 0.25) is 0 Å². The van der Waals surface area contributed by atoms with Crippen molar-refractivity contribution in [3.63, 3.8) is 0 Å². The maximum Gasteiger partial charge on any atom is 0.277 e. The quantitative estimate of drug-likeness (QED) is 0.323. The average molecular weight is 475 g/mol. The number of hydrogen-bond acceptors (Lipinski definition) is 4. The largest absolute Gasteiger partial charge is 0.493 e. The molecule has 1 N–H and O–H groups in total. The van der Waals surface area contributed by atoms with Gasteiger partial charge >= 0.3 is 0 Å². The number of benzene rings is 2. The van der Waals surface area contributed by atoms with E-state index in [1.54, 1.807) is 25.5 Å². The second kappa shape index (κ2) is 9.22. The minimum Gasteiger partial charge on any atom is -0.493 e. The van der Waals surface area contributed by atoms with Crippen molar-refractivity contribution in [2.24, 2.45) is 5.10 Å². The number of halogens is 1. The molecule has 138 valence electrons. The first-order valence-electron chi connectivity index (χ1n) is 8.18. The number of hydrogen-bond donors (Lipinski definition) is 1. The van der Waals surface area contributed by atoms with Crippen LogP contribution in [0, 0.1) is 3.57 Å². The number of hydrazone groups is 1. The van der Waals surface area contributed by atoms with Gasteiger partial charge in [0.05, 0.1) is 19.0 Å². The van der Waals surface area contributed by atoms with Gasteiger partial charge in [-0.1, -0.05) is 12.1 Å². The SMILES string of the molecule is COc1ccccc1OCC(=O)N/N=C\c1cccn1-c1ccc(I)cc1. The first-order chi connectivity index (χ1) is 13.2. The molecule has 1 amide bonds. The number of ether oxygens (including phenoxy) is 2. The lowest BCUT2D eigenvalue weighted by atomic mass is 10.3. The summed E-state index contributed by atoms with van der Waals surface area (Å²) in [5.74, 6) is 0.723. The van der Waals surface area contributed by atoms with Crippen LogP contribution in [0.15, 0.2) is 72.0 Å². The third kappa shape index (κ3) is 5.10. The summed E-state index contributed by atoms with van der Waals surface area (Å²) in [5.41, 5.74) is 4.34. The van der Waals surface area contributed by atoms with E-state index in [-0.39, 0.29) is 12.5 Å². The molecule has 0 aliphatic carbocycles. The minimum atomic E-state index is -0.357. The Morgan fingerprint density at radius 3 is 2.59 bits per heavy atom. The number of nitrogens with zero attached hydrogens (tertiary/aromatic N) is 2. The summed E-state index contributed by atoms with van der Waals surface area (Å²) in [6.07, 6.45) is 3.54. The van der Waals surface area contributed by atoms with Crippen LogP contribution < -0.4 is 14.9 Å². The van der Waals surface area contributed by atoms with Gasteiger partial charge in [-0.25, -0.2) is 5.43 Å². The van der Waals surface area contributed by atoms with E-state index in [0.29, 0.717) is 11.5 Å². The average Bonchev–Trinajstić information content (AvgIpc) is 3.15. The molecule has 3 rings (SSSR count). The molecule has 0 unspecified atom stereocenters. The van der Waals surface area contributed by atoms with Crippen molar-refractivity contribution in [3.05, 3.63) is 76.1 Å². The molecule has 2 aromatic carbocycles. The van der Waals surface area contributed by atoms with E-state index in [2.05, 4.69) is 33.1 Å². The Hall–Kier alpha value is -2.81. The highest BCUT2D eigenvalue weighted by Crippen LogP contribution is 2.25. The number of rotatable bonds is 7. The number of methoxy groups -OCH3 is 1. The van der Waals surface area contributed by atoms with Crippen molar-refractivity contribution in [2.45, 2.75) is 0 Å². The van der Waals surface area contributed by atoms with Gasteiger partial charge in [-0.2, -0.15) is 5.10 Å². The van der Waals surface area contributed by atoms with Crippen molar-refractivity contribution < 1.29 is 14.3 Å². The molecule has 3 aromatic rings. The zero-order chi connectivity index (χ0) is 19.1. The van der Waals surface area contributed by atoms with E-state index in [0.717, 1.165) is 11.4 Å². The second-order valence-electron chi connectivity index (χ2n) is 5.51. The summed E-state index contributed by atoms with van der Waals surface area (Å²) in [6, 6.07) is 19.1. The highest BCUT2D eigenvalue weighted by atomic mass is 127. The summed E-state index contributed by atoms with van der Waals surface area (Å²) < 4.78 is 13.8. The smallest absolute Gasteiger partial charge is 0.277 e. The Kier molecular flexibility index (Phi) is 6.48. The van der Waals surface area contributed by atoms with Crippen LogP contribution in [-0.2, 0) is 4.79 Å². The van der Waals surface area contributed by atoms with Crippen molar-refractivity contribution in [1.82, 2.24) is 9.99 Å². The molecule has 1 heterocycles. The van der Waals surface area contributed by atoms with Crippen LogP contribution in [0.3, 0.4) is 0 Å². The van der Waals surface area contributed by atoms with Gasteiger partial charge in [-0.05, 0) is 71.1 Å². The molecule has 1 aromatic heterocycles. The van der Waals surface area contributed by atoms with Gasteiger partial charge in [0.2, 0.25) is 0 Å². The molecule has 0 aliphatic rings. The van der Waals surface area contributed by atoms with Crippen molar-refractivity contribution in [1.29, 1.82) is 0 Å². The first kappa shape index (κ1) is 19.0. The predicted molar refractivity (Wildman–Crippen MR) is 113 cm³/mol. The van der Waals surface area contributed by atoms with E-state index in [4.69, 9.17) is 9.47 Å². The van der Waals surface area contributed by atoms with Crippen molar-refractivity contribution >= 4 is 34.7 Å². The molecular weight excluding hydrogens is 457 g/mol. The van der Waals surface area contributed by atoms with E-state index < -0.39 is 0 Å². The fraction of sp³-hybridized carbons (Fsp3) is 0.100. The van der Waals surface area contributed by atoms with Crippen LogP contribution in [0.25, 0.3) is 5.69 Å². The van der Waals surface area contributed by atoms with E-state index in [9.17, 15) is 4.79 Å². The topological polar surface area (TPSA) is 64.8 Å². The lowest BCUT2D eigenvalue weighted by molar-refractivity contribution is -0.123. The Labute approximate surface area is 170 Å². The maximum absolute atomic E-state index is 11.9. The zero-order valence-corrected chi connectivity index (χ0v) is 16.8. The van der Waals surface area contributed by atoms with Crippen LogP contribution in [0.1, 0.15) is 5.69 Å². The van der Waals surface area contributed by atoms with Gasteiger partial charge in [0, 0.05) is 15.5 Å². The minimum absolute atomic E-state index is 0.157. The van der Waals surface area contributed by atoms with Gasteiger partial charge in [0.15, 0.2) is 18.1 Å². The number of carbonyl (C=O) groups excluding carboxylic acids is 1. The van der Waals surface area contributed by atoms with E-state index in [1.807, 2.05) is 59.3 Å². The van der Waals surface area contributed by atoms with Gasteiger partial charge in [-0.3, -0.25) is 4.79 Å². The summed E-state index contributed by atoms with van der Waals surface area (Å²) in [7, 11) is 1.55. The Balaban J connectivity index is 1.57. The molecular formula is C20H18IN3O3. The fourth-order valence-electron chi connectivity index (χ4n) is 2.42. The van der Waals surface area contributed by atoms with Crippen LogP contribution >= 0.6 is 22.6 Å². The second-order valence-corrected chi connectivity index (χ2v) is 6.76. The Bertz CT molecular complexity index is 936. The van der Waals surface area contributed by atoms with Crippen LogP contribution in [-0.4, -0.2) is 30.4 Å². The van der Waals surface area contributed by atoms with Crippen LogP contribution in [0.4, 0.5) is 0 Å². The molecule has 0 spiro atoms. The number of nitrogens with one attached hydrogen (secondary N) is 1. The lowest BCUT2D eigenvalue weighted by Gasteiger charge is -2.09. The van der Waals surface area contributed by atoms with Crippen molar-refractivity contribution in [3.8, 4) is 17.2 Å². The summed E-state index contributed by atoms with van der Waals surface area (Å²) in [6.45, 7) is -0.157. The van der Waals surface area contributed by atoms with Gasteiger partial charge in [0.1, 0.15) is 0 Å². The molecule has 0 saturated carbocycles. The molecule has 0 bridgehead atoms. The van der Waals surface area contributed by atoms with Gasteiger partial charge < -0.3 is 14.0 Å². The van der Waals surface area contributed by atoms with Crippen molar-refractivity contribution in [2.75, 3.05) is 13.7 Å². The standard InChI is InChI=1S/C20H18IN3O3/c1-26-18-6-2-3-7-19(18)27-14-20(25)23-22-13-17-5-4-12-24(17)16-10-8-15(21)9-11-16/h2-13H,14H2,1H3,(H,23,25)/b22-13-. The molecule has 0 saturated heterocycles. The summed E-state index contributed by atoms with van der Waals surface area (Å²) >= 11 is 2.27. The molecule has 6 nitrogen and oxygen atoms in total. The Morgan fingerprint density at radius 1 is 1.11 bits per heavy atom. The summed E-state index contributed by atoms with van der Waals surface area (Å²) in [4.78, 5) is 11.9. The molecule has 0 radical (unpaired) electrons. The maximum atomic E-state index is 11.9. The highest BCUT2D eigenvalue weighted by molar-refractivity contribution is 14.1. The molecule has 0 fully saturated rings.